The predicted molar refractivity (Wildman–Crippen MR) is 129 cm³/mol. The second-order valence-corrected chi connectivity index (χ2v) is 12.0. The third-order valence-corrected chi connectivity index (χ3v) is 10.2. The van der Waals surface area contributed by atoms with Crippen LogP contribution in [0.3, 0.4) is 0 Å². The van der Waals surface area contributed by atoms with Crippen molar-refractivity contribution >= 4 is 0 Å². The van der Waals surface area contributed by atoms with Crippen molar-refractivity contribution in [1.82, 2.24) is 9.78 Å². The summed E-state index contributed by atoms with van der Waals surface area (Å²) in [6, 6.07) is 2.22. The molecule has 1 heterocycles. The fraction of sp³-hybridized carbons (Fsp3) is 0.857. The molecule has 4 heteroatoms. The highest BCUT2D eigenvalue weighted by Crippen LogP contribution is 2.65. The Morgan fingerprint density at radius 1 is 1.12 bits per heavy atom. The second kappa shape index (κ2) is 9.88. The molecule has 0 radical (unpaired) electrons. The van der Waals surface area contributed by atoms with Gasteiger partial charge < -0.3 is 4.74 Å². The molecule has 0 saturated heterocycles. The average Bonchev–Trinajstić information content (AvgIpc) is 3.37. The lowest BCUT2D eigenvalue weighted by Gasteiger charge is -2.56. The van der Waals surface area contributed by atoms with Crippen LogP contribution >= 0.6 is 0 Å². The van der Waals surface area contributed by atoms with Crippen LogP contribution in [0, 0.1) is 64.1 Å². The van der Waals surface area contributed by atoms with E-state index in [1.807, 2.05) is 10.9 Å². The Morgan fingerprint density at radius 3 is 2.59 bits per heavy atom. The number of methoxy groups -OCH3 is 1. The first kappa shape index (κ1) is 23.8. The highest BCUT2D eigenvalue weighted by Gasteiger charge is 2.57. The first-order valence-corrected chi connectivity index (χ1v) is 13.2. The van der Waals surface area contributed by atoms with E-state index in [1.165, 1.54) is 57.8 Å². The molecule has 9 atom stereocenters. The van der Waals surface area contributed by atoms with E-state index in [0.29, 0.717) is 16.9 Å². The van der Waals surface area contributed by atoms with Gasteiger partial charge in [-0.25, -0.2) is 0 Å². The number of rotatable bonds is 3. The molecule has 1 aromatic rings. The molecule has 4 aliphatic rings. The van der Waals surface area contributed by atoms with E-state index in [0.717, 1.165) is 48.0 Å². The van der Waals surface area contributed by atoms with Gasteiger partial charge in [0.1, 0.15) is 6.07 Å². The number of nitriles is 1. The highest BCUT2D eigenvalue weighted by atomic mass is 16.4. The van der Waals surface area contributed by atoms with Gasteiger partial charge in [0.15, 0.2) is 0 Å². The van der Waals surface area contributed by atoms with Crippen molar-refractivity contribution in [2.45, 2.75) is 85.1 Å². The van der Waals surface area contributed by atoms with Crippen molar-refractivity contribution in [2.75, 3.05) is 14.2 Å². The molecule has 4 fully saturated rings. The van der Waals surface area contributed by atoms with Gasteiger partial charge in [-0.05, 0) is 104 Å². The Kier molecular flexibility index (Phi) is 7.35. The fourth-order valence-electron chi connectivity index (χ4n) is 9.01. The SMILES string of the molecule is CC1CCC2C(CCC3C2CCC2(C)C(C(C)Cn4cc(C#N)cn4)CCC32)C1.COC. The zero-order chi connectivity index (χ0) is 22.9. The van der Waals surface area contributed by atoms with E-state index < -0.39 is 0 Å². The summed E-state index contributed by atoms with van der Waals surface area (Å²) in [5.74, 6) is 7.54. The lowest BCUT2D eigenvalue weighted by atomic mass is 9.49. The quantitative estimate of drug-likeness (QED) is 0.536. The second-order valence-electron chi connectivity index (χ2n) is 12.0. The van der Waals surface area contributed by atoms with Gasteiger partial charge in [-0.15, -0.1) is 0 Å². The van der Waals surface area contributed by atoms with Gasteiger partial charge in [-0.1, -0.05) is 27.2 Å². The standard InChI is InChI=1S/C26H39N3.C2H6O/c1-17-4-6-21-20(12-17)5-7-23-22(21)10-11-26(3)24(8-9-25(23)26)18(2)15-29-16-19(13-27)14-28-29;1-3-2/h14,16-18,20-25H,4-12,15H2,1-3H3;1-2H3. The Labute approximate surface area is 196 Å². The molecule has 4 aliphatic carbocycles. The van der Waals surface area contributed by atoms with Gasteiger partial charge in [0.05, 0.1) is 11.8 Å². The van der Waals surface area contributed by atoms with Crippen LogP contribution in [0.4, 0.5) is 0 Å². The maximum absolute atomic E-state index is 9.10. The summed E-state index contributed by atoms with van der Waals surface area (Å²) in [7, 11) is 3.25. The monoisotopic (exact) mass is 439 g/mol. The van der Waals surface area contributed by atoms with Crippen LogP contribution in [0.25, 0.3) is 0 Å². The number of hydrogen-bond donors (Lipinski definition) is 0. The van der Waals surface area contributed by atoms with Crippen molar-refractivity contribution in [3.05, 3.63) is 18.0 Å². The molecule has 4 nitrogen and oxygen atoms in total. The van der Waals surface area contributed by atoms with Crippen LogP contribution in [0.2, 0.25) is 0 Å². The molecular weight excluding hydrogens is 394 g/mol. The number of hydrogen-bond acceptors (Lipinski definition) is 3. The summed E-state index contributed by atoms with van der Waals surface area (Å²) in [5, 5.41) is 13.5. The lowest BCUT2D eigenvalue weighted by molar-refractivity contribution is -0.0737. The molecular formula is C28H45N3O. The minimum absolute atomic E-state index is 0.528. The molecule has 0 amide bonds. The molecule has 0 aromatic carbocycles. The normalized spacial score (nSPS) is 41.3. The molecule has 32 heavy (non-hydrogen) atoms. The first-order chi connectivity index (χ1) is 15.4. The van der Waals surface area contributed by atoms with Crippen molar-refractivity contribution in [2.24, 2.45) is 52.8 Å². The van der Waals surface area contributed by atoms with E-state index in [2.05, 4.69) is 36.7 Å². The zero-order valence-electron chi connectivity index (χ0n) is 21.1. The van der Waals surface area contributed by atoms with E-state index in [9.17, 15) is 0 Å². The molecule has 1 aromatic heterocycles. The number of aromatic nitrogens is 2. The Hall–Kier alpha value is -1.34. The summed E-state index contributed by atoms with van der Waals surface area (Å²) in [5.41, 5.74) is 1.22. The first-order valence-electron chi connectivity index (χ1n) is 13.2. The maximum Gasteiger partial charge on any atom is 0.102 e. The number of ether oxygens (including phenoxy) is 1. The summed E-state index contributed by atoms with van der Waals surface area (Å²) in [4.78, 5) is 0. The smallest absolute Gasteiger partial charge is 0.102 e. The van der Waals surface area contributed by atoms with Gasteiger partial charge >= 0.3 is 0 Å². The summed E-state index contributed by atoms with van der Waals surface area (Å²) in [6.45, 7) is 8.55. The molecule has 0 N–H and O–H groups in total. The van der Waals surface area contributed by atoms with Crippen LogP contribution in [-0.2, 0) is 11.3 Å². The maximum atomic E-state index is 9.10. The zero-order valence-corrected chi connectivity index (χ0v) is 21.1. The molecule has 0 aliphatic heterocycles. The minimum atomic E-state index is 0.528. The van der Waals surface area contributed by atoms with Gasteiger partial charge in [0, 0.05) is 27.0 Å². The fourth-order valence-corrected chi connectivity index (χ4v) is 9.01. The summed E-state index contributed by atoms with van der Waals surface area (Å²) >= 11 is 0. The molecule has 9 unspecified atom stereocenters. The third kappa shape index (κ3) is 4.39. The van der Waals surface area contributed by atoms with Crippen LogP contribution in [0.15, 0.2) is 12.4 Å². The lowest BCUT2D eigenvalue weighted by Crippen LogP contribution is -2.49. The minimum Gasteiger partial charge on any atom is -0.388 e. The van der Waals surface area contributed by atoms with Crippen LogP contribution < -0.4 is 0 Å². The van der Waals surface area contributed by atoms with Crippen molar-refractivity contribution in [1.29, 1.82) is 5.26 Å². The van der Waals surface area contributed by atoms with E-state index in [4.69, 9.17) is 5.26 Å². The molecule has 4 saturated carbocycles. The number of nitrogens with zero attached hydrogens (tertiary/aromatic N) is 3. The molecule has 178 valence electrons. The topological polar surface area (TPSA) is 50.8 Å². The molecule has 5 rings (SSSR count). The van der Waals surface area contributed by atoms with Gasteiger partial charge in [-0.2, -0.15) is 10.4 Å². The summed E-state index contributed by atoms with van der Waals surface area (Å²) in [6.07, 6.45) is 17.0. The van der Waals surface area contributed by atoms with E-state index >= 15 is 0 Å². The van der Waals surface area contributed by atoms with Crippen molar-refractivity contribution in [3.63, 3.8) is 0 Å². The van der Waals surface area contributed by atoms with E-state index in [1.54, 1.807) is 20.4 Å². The Balaban J connectivity index is 0.000000775. The Morgan fingerprint density at radius 2 is 1.88 bits per heavy atom. The van der Waals surface area contributed by atoms with Crippen LogP contribution in [-0.4, -0.2) is 24.0 Å². The van der Waals surface area contributed by atoms with Crippen molar-refractivity contribution in [3.8, 4) is 6.07 Å². The third-order valence-electron chi connectivity index (χ3n) is 10.2. The average molecular weight is 440 g/mol. The van der Waals surface area contributed by atoms with Crippen LogP contribution in [0.5, 0.6) is 0 Å². The summed E-state index contributed by atoms with van der Waals surface area (Å²) < 4.78 is 6.26. The van der Waals surface area contributed by atoms with E-state index in [-0.39, 0.29) is 0 Å². The Bertz CT molecular complexity index is 797. The van der Waals surface area contributed by atoms with Gasteiger partial charge in [-0.3, -0.25) is 4.68 Å². The predicted octanol–water partition coefficient (Wildman–Crippen LogP) is 6.56. The largest absolute Gasteiger partial charge is 0.388 e. The van der Waals surface area contributed by atoms with Gasteiger partial charge in [0.2, 0.25) is 0 Å². The van der Waals surface area contributed by atoms with Gasteiger partial charge in [0.25, 0.3) is 0 Å². The number of fused-ring (bicyclic) bond motifs is 5. The molecule has 0 spiro atoms. The van der Waals surface area contributed by atoms with Crippen molar-refractivity contribution < 1.29 is 4.74 Å². The molecule has 0 bridgehead atoms. The highest BCUT2D eigenvalue weighted by molar-refractivity contribution is 5.21. The van der Waals surface area contributed by atoms with Crippen LogP contribution in [0.1, 0.15) is 84.1 Å².